The lowest BCUT2D eigenvalue weighted by Crippen LogP contribution is -2.13. The van der Waals surface area contributed by atoms with Gasteiger partial charge in [0.05, 0.1) is 5.69 Å². The number of carbonyl (C=O) groups excluding carboxylic acids is 1. The molecule has 5 rings (SSSR count). The van der Waals surface area contributed by atoms with Crippen molar-refractivity contribution in [3.63, 3.8) is 0 Å². The standard InChI is InChI=1S/C33H25ClN4O2/c1-23-14-16-28(17-15-23)36-33(39)26(20-35)18-27-21-38(29-10-3-2-4-11-29)37-32(27)24-9-7-12-30(19-24)40-22-25-8-5-6-13-31(25)34/h2-19,21H,22H2,1H3,(H,36,39)/b26-18-. The van der Waals surface area contributed by atoms with Crippen LogP contribution < -0.4 is 10.1 Å². The Balaban J connectivity index is 1.49. The van der Waals surface area contributed by atoms with Gasteiger partial charge in [-0.1, -0.05) is 77.8 Å². The molecule has 0 fully saturated rings. The predicted molar refractivity (Wildman–Crippen MR) is 158 cm³/mol. The number of aromatic nitrogens is 2. The van der Waals surface area contributed by atoms with Gasteiger partial charge in [0.15, 0.2) is 0 Å². The number of rotatable bonds is 8. The number of ether oxygens (including phenoxy) is 1. The molecule has 0 spiro atoms. The maximum absolute atomic E-state index is 13.0. The molecule has 0 atom stereocenters. The molecule has 40 heavy (non-hydrogen) atoms. The smallest absolute Gasteiger partial charge is 0.266 e. The van der Waals surface area contributed by atoms with Crippen LogP contribution in [0.15, 0.2) is 115 Å². The Morgan fingerprint density at radius 3 is 2.50 bits per heavy atom. The lowest BCUT2D eigenvalue weighted by molar-refractivity contribution is -0.112. The van der Waals surface area contributed by atoms with Crippen LogP contribution in [-0.4, -0.2) is 15.7 Å². The van der Waals surface area contributed by atoms with Crippen LogP contribution in [0.2, 0.25) is 5.02 Å². The number of nitrogens with one attached hydrogen (secondary N) is 1. The van der Waals surface area contributed by atoms with Gasteiger partial charge < -0.3 is 10.1 Å². The highest BCUT2D eigenvalue weighted by Gasteiger charge is 2.16. The monoisotopic (exact) mass is 544 g/mol. The van der Waals surface area contributed by atoms with Crippen molar-refractivity contribution < 1.29 is 9.53 Å². The summed E-state index contributed by atoms with van der Waals surface area (Å²) in [6.07, 6.45) is 3.36. The van der Waals surface area contributed by atoms with Gasteiger partial charge in [-0.05, 0) is 55.5 Å². The van der Waals surface area contributed by atoms with Crippen molar-refractivity contribution >= 4 is 29.3 Å². The van der Waals surface area contributed by atoms with Crippen LogP contribution in [0.5, 0.6) is 5.75 Å². The molecular formula is C33H25ClN4O2. The summed E-state index contributed by atoms with van der Waals surface area (Å²) in [5, 5.41) is 18.1. The second kappa shape index (κ2) is 12.2. The Morgan fingerprint density at radius 1 is 1.00 bits per heavy atom. The number of nitrogens with zero attached hydrogens (tertiary/aromatic N) is 3. The first-order chi connectivity index (χ1) is 19.5. The van der Waals surface area contributed by atoms with Crippen LogP contribution >= 0.6 is 11.6 Å². The van der Waals surface area contributed by atoms with Gasteiger partial charge in [0.2, 0.25) is 0 Å². The molecule has 0 aliphatic heterocycles. The van der Waals surface area contributed by atoms with E-state index in [0.717, 1.165) is 22.4 Å². The van der Waals surface area contributed by atoms with E-state index >= 15 is 0 Å². The first-order valence-electron chi connectivity index (χ1n) is 12.6. The van der Waals surface area contributed by atoms with Gasteiger partial charge in [0.25, 0.3) is 5.91 Å². The number of hydrogen-bond acceptors (Lipinski definition) is 4. The highest BCUT2D eigenvalue weighted by atomic mass is 35.5. The largest absolute Gasteiger partial charge is 0.489 e. The van der Waals surface area contributed by atoms with Crippen LogP contribution in [0.3, 0.4) is 0 Å². The van der Waals surface area contributed by atoms with Crippen LogP contribution in [0.25, 0.3) is 23.0 Å². The highest BCUT2D eigenvalue weighted by Crippen LogP contribution is 2.29. The zero-order valence-corrected chi connectivity index (χ0v) is 22.5. The molecule has 7 heteroatoms. The van der Waals surface area contributed by atoms with E-state index in [9.17, 15) is 10.1 Å². The Morgan fingerprint density at radius 2 is 1.75 bits per heavy atom. The first kappa shape index (κ1) is 26.5. The van der Waals surface area contributed by atoms with Gasteiger partial charge in [-0.3, -0.25) is 4.79 Å². The highest BCUT2D eigenvalue weighted by molar-refractivity contribution is 6.31. The minimum absolute atomic E-state index is 0.0411. The van der Waals surface area contributed by atoms with Gasteiger partial charge in [0.1, 0.15) is 29.7 Å². The topological polar surface area (TPSA) is 79.9 Å². The predicted octanol–water partition coefficient (Wildman–Crippen LogP) is 7.63. The maximum Gasteiger partial charge on any atom is 0.266 e. The molecule has 1 amide bonds. The van der Waals surface area contributed by atoms with Gasteiger partial charge in [-0.15, -0.1) is 0 Å². The number of halogens is 1. The molecule has 0 saturated heterocycles. The van der Waals surface area contributed by atoms with E-state index in [1.54, 1.807) is 29.1 Å². The van der Waals surface area contributed by atoms with Crippen molar-refractivity contribution in [2.45, 2.75) is 13.5 Å². The third-order valence-electron chi connectivity index (χ3n) is 6.20. The fraction of sp³-hybridized carbons (Fsp3) is 0.0606. The summed E-state index contributed by atoms with van der Waals surface area (Å²) in [5.74, 6) is 0.140. The van der Waals surface area contributed by atoms with Crippen molar-refractivity contribution in [1.29, 1.82) is 5.26 Å². The molecule has 0 saturated carbocycles. The second-order valence-electron chi connectivity index (χ2n) is 9.11. The maximum atomic E-state index is 13.0. The number of carbonyl (C=O) groups is 1. The fourth-order valence-corrected chi connectivity index (χ4v) is 4.27. The minimum atomic E-state index is -0.499. The summed E-state index contributed by atoms with van der Waals surface area (Å²) < 4.78 is 7.76. The molecule has 6 nitrogen and oxygen atoms in total. The van der Waals surface area contributed by atoms with Gasteiger partial charge in [-0.2, -0.15) is 10.4 Å². The zero-order chi connectivity index (χ0) is 27.9. The molecule has 5 aromatic rings. The number of hydrogen-bond donors (Lipinski definition) is 1. The van der Waals surface area contributed by atoms with E-state index in [0.29, 0.717) is 34.3 Å². The number of aryl methyl sites for hydroxylation is 1. The molecule has 0 unspecified atom stereocenters. The summed E-state index contributed by atoms with van der Waals surface area (Å²) in [6.45, 7) is 2.28. The normalized spacial score (nSPS) is 11.1. The van der Waals surface area contributed by atoms with Crippen LogP contribution in [0.1, 0.15) is 16.7 Å². The quantitative estimate of drug-likeness (QED) is 0.161. The van der Waals surface area contributed by atoms with Crippen molar-refractivity contribution in [3.8, 4) is 28.8 Å². The van der Waals surface area contributed by atoms with E-state index in [-0.39, 0.29) is 5.57 Å². The van der Waals surface area contributed by atoms with Crippen molar-refractivity contribution in [2.24, 2.45) is 0 Å². The van der Waals surface area contributed by atoms with Gasteiger partial charge in [-0.25, -0.2) is 4.68 Å². The average Bonchev–Trinajstić information content (AvgIpc) is 3.41. The Labute approximate surface area is 237 Å². The number of amides is 1. The fourth-order valence-electron chi connectivity index (χ4n) is 4.08. The Kier molecular flexibility index (Phi) is 8.05. The number of nitriles is 1. The van der Waals surface area contributed by atoms with Gasteiger partial charge >= 0.3 is 0 Å². The van der Waals surface area contributed by atoms with E-state index in [1.807, 2.05) is 104 Å². The number of para-hydroxylation sites is 1. The summed E-state index contributed by atoms with van der Waals surface area (Å²) >= 11 is 6.29. The molecule has 4 aromatic carbocycles. The molecular weight excluding hydrogens is 520 g/mol. The van der Waals surface area contributed by atoms with Crippen LogP contribution in [-0.2, 0) is 11.4 Å². The first-order valence-corrected chi connectivity index (χ1v) is 13.0. The number of anilines is 1. The molecule has 1 N–H and O–H groups in total. The van der Waals surface area contributed by atoms with Crippen molar-refractivity contribution in [3.05, 3.63) is 137 Å². The van der Waals surface area contributed by atoms with E-state index in [1.165, 1.54) is 0 Å². The van der Waals surface area contributed by atoms with E-state index in [4.69, 9.17) is 21.4 Å². The summed E-state index contributed by atoms with van der Waals surface area (Å²) in [4.78, 5) is 13.0. The van der Waals surface area contributed by atoms with Crippen molar-refractivity contribution in [2.75, 3.05) is 5.32 Å². The third kappa shape index (κ3) is 6.29. The lowest BCUT2D eigenvalue weighted by atomic mass is 10.1. The van der Waals surface area contributed by atoms with E-state index in [2.05, 4.69) is 5.32 Å². The Bertz CT molecular complexity index is 1720. The molecule has 1 aromatic heterocycles. The second-order valence-corrected chi connectivity index (χ2v) is 9.52. The molecule has 1 heterocycles. The molecule has 0 aliphatic rings. The van der Waals surface area contributed by atoms with E-state index < -0.39 is 5.91 Å². The van der Waals surface area contributed by atoms with Crippen LogP contribution in [0, 0.1) is 18.3 Å². The molecule has 0 aliphatic carbocycles. The lowest BCUT2D eigenvalue weighted by Gasteiger charge is -2.09. The number of benzene rings is 4. The third-order valence-corrected chi connectivity index (χ3v) is 6.57. The van der Waals surface area contributed by atoms with Crippen LogP contribution in [0.4, 0.5) is 5.69 Å². The minimum Gasteiger partial charge on any atom is -0.489 e. The van der Waals surface area contributed by atoms with Gasteiger partial charge in [0, 0.05) is 33.6 Å². The zero-order valence-electron chi connectivity index (χ0n) is 21.7. The molecule has 196 valence electrons. The molecule has 0 radical (unpaired) electrons. The summed E-state index contributed by atoms with van der Waals surface area (Å²) in [6, 6.07) is 34.1. The SMILES string of the molecule is Cc1ccc(NC(=O)/C(C#N)=C\c2cn(-c3ccccc3)nc2-c2cccc(OCc3ccccc3Cl)c2)cc1. The average molecular weight is 545 g/mol. The Hall–Kier alpha value is -5.12. The van der Waals surface area contributed by atoms with Crippen molar-refractivity contribution in [1.82, 2.24) is 9.78 Å². The summed E-state index contributed by atoms with van der Waals surface area (Å²) in [5.41, 5.74) is 5.35. The molecule has 0 bridgehead atoms. The summed E-state index contributed by atoms with van der Waals surface area (Å²) in [7, 11) is 0.